The molecule has 124 valence electrons. The average Bonchev–Trinajstić information content (AvgIpc) is 2.51. The van der Waals surface area contributed by atoms with E-state index in [1.54, 1.807) is 24.3 Å². The number of hydrogen-bond acceptors (Lipinski definition) is 3. The summed E-state index contributed by atoms with van der Waals surface area (Å²) >= 11 is 3.15. The summed E-state index contributed by atoms with van der Waals surface area (Å²) in [6.45, 7) is 2.52. The molecule has 2 rings (SSSR count). The van der Waals surface area contributed by atoms with Gasteiger partial charge in [0, 0.05) is 4.47 Å². The van der Waals surface area contributed by atoms with Crippen LogP contribution < -0.4 is 9.46 Å². The number of nitrogens with one attached hydrogen (secondary N) is 1. The number of halogens is 2. The predicted molar refractivity (Wildman–Crippen MR) is 91.8 cm³/mol. The molecule has 0 saturated heterocycles. The molecule has 0 aliphatic carbocycles. The molecule has 0 unspecified atom stereocenters. The molecular weight excluding hydrogens is 385 g/mol. The number of anilines is 1. The number of ether oxygens (including phenoxy) is 1. The van der Waals surface area contributed by atoms with Crippen LogP contribution in [-0.4, -0.2) is 15.0 Å². The number of benzene rings is 2. The molecule has 0 aliphatic heterocycles. The molecule has 0 heterocycles. The van der Waals surface area contributed by atoms with Crippen LogP contribution in [0.4, 0.5) is 10.1 Å². The topological polar surface area (TPSA) is 55.4 Å². The lowest BCUT2D eigenvalue weighted by molar-refractivity contribution is 0.311. The van der Waals surface area contributed by atoms with E-state index in [0.29, 0.717) is 16.8 Å². The summed E-state index contributed by atoms with van der Waals surface area (Å²) in [5, 5.41) is 0. The summed E-state index contributed by atoms with van der Waals surface area (Å²) in [7, 11) is -4.05. The van der Waals surface area contributed by atoms with Crippen LogP contribution in [0.3, 0.4) is 0 Å². The Kier molecular flexibility index (Phi) is 6.01. The summed E-state index contributed by atoms with van der Waals surface area (Å²) < 4.78 is 47.2. The Balaban J connectivity index is 2.29. The fraction of sp³-hybridized carbons (Fsp3) is 0.250. The molecule has 23 heavy (non-hydrogen) atoms. The molecular formula is C16H17BrFNO3S. The van der Waals surface area contributed by atoms with Crippen molar-refractivity contribution in [1.29, 1.82) is 0 Å². The van der Waals surface area contributed by atoms with E-state index in [2.05, 4.69) is 20.7 Å². The molecule has 1 N–H and O–H groups in total. The Hall–Kier alpha value is -1.60. The standard InChI is InChI=1S/C16H17BrFNO3S/c1-2-3-10-22-15-7-5-4-6-14(15)19-23(20,21)16-11-12(17)8-9-13(16)18/h4-9,11,19H,2-3,10H2,1H3. The van der Waals surface area contributed by atoms with Gasteiger partial charge in [0.1, 0.15) is 16.5 Å². The Morgan fingerprint density at radius 3 is 2.70 bits per heavy atom. The molecule has 4 nitrogen and oxygen atoms in total. The summed E-state index contributed by atoms with van der Waals surface area (Å²) in [6, 6.07) is 10.4. The maximum Gasteiger partial charge on any atom is 0.264 e. The van der Waals surface area contributed by atoms with Gasteiger partial charge in [-0.2, -0.15) is 0 Å². The van der Waals surface area contributed by atoms with Gasteiger partial charge in [-0.25, -0.2) is 12.8 Å². The minimum atomic E-state index is -4.05. The lowest BCUT2D eigenvalue weighted by Gasteiger charge is -2.14. The van der Waals surface area contributed by atoms with Gasteiger partial charge in [-0.15, -0.1) is 0 Å². The zero-order valence-corrected chi connectivity index (χ0v) is 15.0. The van der Waals surface area contributed by atoms with Crippen LogP contribution in [0, 0.1) is 5.82 Å². The zero-order chi connectivity index (χ0) is 16.9. The van der Waals surface area contributed by atoms with Gasteiger partial charge >= 0.3 is 0 Å². The summed E-state index contributed by atoms with van der Waals surface area (Å²) in [5.41, 5.74) is 0.281. The van der Waals surface area contributed by atoms with Crippen molar-refractivity contribution in [3.63, 3.8) is 0 Å². The van der Waals surface area contributed by atoms with Gasteiger partial charge in [0.15, 0.2) is 0 Å². The van der Waals surface area contributed by atoms with E-state index in [1.807, 2.05) is 6.92 Å². The molecule has 0 fully saturated rings. The van der Waals surface area contributed by atoms with Crippen molar-refractivity contribution in [2.24, 2.45) is 0 Å². The van der Waals surface area contributed by atoms with E-state index in [-0.39, 0.29) is 5.69 Å². The Labute approximate surface area is 143 Å². The maximum absolute atomic E-state index is 13.8. The summed E-state index contributed by atoms with van der Waals surface area (Å²) in [5.74, 6) is -0.398. The first-order valence-corrected chi connectivity index (χ1v) is 9.41. The van der Waals surface area contributed by atoms with Crippen molar-refractivity contribution in [2.75, 3.05) is 11.3 Å². The maximum atomic E-state index is 13.8. The molecule has 2 aromatic rings. The molecule has 2 aromatic carbocycles. The molecule has 0 aliphatic rings. The van der Waals surface area contributed by atoms with Crippen molar-refractivity contribution in [2.45, 2.75) is 24.7 Å². The minimum absolute atomic E-state index is 0.281. The first kappa shape index (κ1) is 17.7. The van der Waals surface area contributed by atoms with Crippen molar-refractivity contribution in [3.8, 4) is 5.75 Å². The number of para-hydroxylation sites is 2. The number of sulfonamides is 1. The Bertz CT molecular complexity index is 781. The molecule has 0 aromatic heterocycles. The molecule has 0 amide bonds. The quantitative estimate of drug-likeness (QED) is 0.691. The molecule has 0 atom stereocenters. The van der Waals surface area contributed by atoms with Crippen molar-refractivity contribution in [1.82, 2.24) is 0 Å². The monoisotopic (exact) mass is 401 g/mol. The molecule has 7 heteroatoms. The molecule has 0 bridgehead atoms. The highest BCUT2D eigenvalue weighted by atomic mass is 79.9. The fourth-order valence-corrected chi connectivity index (χ4v) is 3.57. The second-order valence-electron chi connectivity index (χ2n) is 4.88. The van der Waals surface area contributed by atoms with Crippen LogP contribution in [0.1, 0.15) is 19.8 Å². The van der Waals surface area contributed by atoms with Crippen LogP contribution in [0.5, 0.6) is 5.75 Å². The first-order chi connectivity index (χ1) is 10.9. The molecule has 0 saturated carbocycles. The fourth-order valence-electron chi connectivity index (χ4n) is 1.89. The second-order valence-corrected chi connectivity index (χ2v) is 7.44. The SMILES string of the molecule is CCCCOc1ccccc1NS(=O)(=O)c1cc(Br)ccc1F. The summed E-state index contributed by atoms with van der Waals surface area (Å²) in [4.78, 5) is -0.421. The highest BCUT2D eigenvalue weighted by molar-refractivity contribution is 9.10. The van der Waals surface area contributed by atoms with Gasteiger partial charge in [-0.05, 0) is 36.8 Å². The van der Waals surface area contributed by atoms with E-state index in [4.69, 9.17) is 4.74 Å². The largest absolute Gasteiger partial charge is 0.491 e. The highest BCUT2D eigenvalue weighted by Gasteiger charge is 2.21. The lowest BCUT2D eigenvalue weighted by atomic mass is 10.3. The van der Waals surface area contributed by atoms with Crippen LogP contribution in [0.25, 0.3) is 0 Å². The van der Waals surface area contributed by atoms with E-state index in [1.165, 1.54) is 12.1 Å². The second kappa shape index (κ2) is 7.79. The number of rotatable bonds is 7. The van der Waals surface area contributed by atoms with Gasteiger partial charge in [-0.3, -0.25) is 4.72 Å². The van der Waals surface area contributed by atoms with Gasteiger partial charge in [0.05, 0.1) is 12.3 Å². The zero-order valence-electron chi connectivity index (χ0n) is 12.6. The van der Waals surface area contributed by atoms with Crippen molar-refractivity contribution >= 4 is 31.6 Å². The third kappa shape index (κ3) is 4.68. The van der Waals surface area contributed by atoms with Gasteiger partial charge in [0.2, 0.25) is 0 Å². The van der Waals surface area contributed by atoms with Crippen molar-refractivity contribution in [3.05, 3.63) is 52.8 Å². The van der Waals surface area contributed by atoms with Crippen LogP contribution >= 0.6 is 15.9 Å². The van der Waals surface area contributed by atoms with Crippen molar-refractivity contribution < 1.29 is 17.5 Å². The lowest BCUT2D eigenvalue weighted by Crippen LogP contribution is -2.15. The predicted octanol–water partition coefficient (Wildman–Crippen LogP) is 4.57. The first-order valence-electron chi connectivity index (χ1n) is 7.13. The number of hydrogen-bond donors (Lipinski definition) is 1. The smallest absolute Gasteiger partial charge is 0.264 e. The Morgan fingerprint density at radius 2 is 1.96 bits per heavy atom. The summed E-state index contributed by atoms with van der Waals surface area (Å²) in [6.07, 6.45) is 1.83. The number of unbranched alkanes of at least 4 members (excludes halogenated alkanes) is 1. The van der Waals surface area contributed by atoms with E-state index >= 15 is 0 Å². The normalized spacial score (nSPS) is 11.3. The van der Waals surface area contributed by atoms with Gasteiger partial charge < -0.3 is 4.74 Å². The van der Waals surface area contributed by atoms with Crippen LogP contribution in [0.2, 0.25) is 0 Å². The average molecular weight is 402 g/mol. The van der Waals surface area contributed by atoms with Crippen LogP contribution in [-0.2, 0) is 10.0 Å². The van der Waals surface area contributed by atoms with Gasteiger partial charge in [0.25, 0.3) is 10.0 Å². The third-order valence-corrected chi connectivity index (χ3v) is 4.94. The third-order valence-electron chi connectivity index (χ3n) is 3.07. The highest BCUT2D eigenvalue weighted by Crippen LogP contribution is 2.28. The molecule has 0 radical (unpaired) electrons. The van der Waals surface area contributed by atoms with E-state index in [9.17, 15) is 12.8 Å². The van der Waals surface area contributed by atoms with E-state index in [0.717, 1.165) is 18.9 Å². The molecule has 0 spiro atoms. The van der Waals surface area contributed by atoms with Crippen LogP contribution in [0.15, 0.2) is 51.8 Å². The van der Waals surface area contributed by atoms with Gasteiger partial charge in [-0.1, -0.05) is 41.4 Å². The van der Waals surface area contributed by atoms with E-state index < -0.39 is 20.7 Å². The Morgan fingerprint density at radius 1 is 1.22 bits per heavy atom. The minimum Gasteiger partial charge on any atom is -0.491 e.